The van der Waals surface area contributed by atoms with Crippen molar-refractivity contribution in [1.29, 1.82) is 0 Å². The molecule has 1 aliphatic heterocycles. The van der Waals surface area contributed by atoms with E-state index in [9.17, 15) is 0 Å². The SMILES string of the molecule is CCN1CCCC(CN)(NCC(C(C)C)C(C)C)CC1. The van der Waals surface area contributed by atoms with Crippen molar-refractivity contribution in [3.8, 4) is 0 Å². The Morgan fingerprint density at radius 3 is 2.25 bits per heavy atom. The molecule has 0 saturated carbocycles. The van der Waals surface area contributed by atoms with Crippen LogP contribution < -0.4 is 11.1 Å². The lowest BCUT2D eigenvalue weighted by Crippen LogP contribution is -2.53. The van der Waals surface area contributed by atoms with E-state index in [0.717, 1.165) is 30.8 Å². The van der Waals surface area contributed by atoms with Gasteiger partial charge in [-0.1, -0.05) is 34.6 Å². The first-order valence-electron chi connectivity index (χ1n) is 8.61. The number of hydrogen-bond donors (Lipinski definition) is 2. The molecule has 0 aromatic carbocycles. The minimum atomic E-state index is 0.173. The largest absolute Gasteiger partial charge is 0.329 e. The van der Waals surface area contributed by atoms with Crippen LogP contribution in [0.1, 0.15) is 53.9 Å². The molecule has 1 aliphatic rings. The number of nitrogens with zero attached hydrogens (tertiary/aromatic N) is 1. The van der Waals surface area contributed by atoms with Crippen LogP contribution in [0.2, 0.25) is 0 Å². The van der Waals surface area contributed by atoms with Gasteiger partial charge in [-0.2, -0.15) is 0 Å². The fourth-order valence-corrected chi connectivity index (χ4v) is 3.59. The van der Waals surface area contributed by atoms with Gasteiger partial charge in [0, 0.05) is 12.1 Å². The van der Waals surface area contributed by atoms with E-state index in [2.05, 4.69) is 44.8 Å². The van der Waals surface area contributed by atoms with Gasteiger partial charge in [0.25, 0.3) is 0 Å². The van der Waals surface area contributed by atoms with Gasteiger partial charge >= 0.3 is 0 Å². The fraction of sp³-hybridized carbons (Fsp3) is 1.00. The van der Waals surface area contributed by atoms with Crippen LogP contribution in [0.15, 0.2) is 0 Å². The molecule has 120 valence electrons. The van der Waals surface area contributed by atoms with Crippen molar-refractivity contribution in [3.05, 3.63) is 0 Å². The van der Waals surface area contributed by atoms with Gasteiger partial charge in [-0.05, 0) is 63.2 Å². The topological polar surface area (TPSA) is 41.3 Å². The Morgan fingerprint density at radius 1 is 1.10 bits per heavy atom. The maximum Gasteiger partial charge on any atom is 0.0316 e. The zero-order valence-electron chi connectivity index (χ0n) is 14.4. The molecule has 0 radical (unpaired) electrons. The summed E-state index contributed by atoms with van der Waals surface area (Å²) in [4.78, 5) is 2.56. The maximum atomic E-state index is 6.15. The van der Waals surface area contributed by atoms with E-state index >= 15 is 0 Å². The summed E-state index contributed by atoms with van der Waals surface area (Å²) in [5.74, 6) is 2.20. The third kappa shape index (κ3) is 5.01. The highest BCUT2D eigenvalue weighted by Crippen LogP contribution is 2.25. The predicted molar refractivity (Wildman–Crippen MR) is 88.9 cm³/mol. The van der Waals surface area contributed by atoms with Crippen molar-refractivity contribution in [2.24, 2.45) is 23.5 Å². The van der Waals surface area contributed by atoms with Gasteiger partial charge in [0.15, 0.2) is 0 Å². The normalized spacial score (nSPS) is 25.6. The first-order chi connectivity index (χ1) is 9.44. The van der Waals surface area contributed by atoms with Crippen LogP contribution in [-0.4, -0.2) is 43.2 Å². The second kappa shape index (κ2) is 8.35. The van der Waals surface area contributed by atoms with E-state index in [1.807, 2.05) is 0 Å². The molecule has 1 fully saturated rings. The third-order valence-corrected chi connectivity index (χ3v) is 5.30. The molecule has 3 N–H and O–H groups in total. The van der Waals surface area contributed by atoms with Crippen molar-refractivity contribution >= 4 is 0 Å². The van der Waals surface area contributed by atoms with Gasteiger partial charge in [-0.15, -0.1) is 0 Å². The second-order valence-corrected chi connectivity index (χ2v) is 7.31. The summed E-state index contributed by atoms with van der Waals surface area (Å²) in [5.41, 5.74) is 6.32. The Balaban J connectivity index is 2.60. The highest BCUT2D eigenvalue weighted by molar-refractivity contribution is 4.93. The minimum absolute atomic E-state index is 0.173. The molecule has 0 aliphatic carbocycles. The van der Waals surface area contributed by atoms with Crippen LogP contribution in [0.5, 0.6) is 0 Å². The summed E-state index contributed by atoms with van der Waals surface area (Å²) < 4.78 is 0. The molecule has 3 nitrogen and oxygen atoms in total. The molecule has 1 atom stereocenters. The highest BCUT2D eigenvalue weighted by Gasteiger charge is 2.32. The molecule has 0 aromatic rings. The van der Waals surface area contributed by atoms with E-state index < -0.39 is 0 Å². The molecular weight excluding hydrogens is 246 g/mol. The Hall–Kier alpha value is -0.120. The molecule has 1 heterocycles. The molecule has 0 amide bonds. The first kappa shape index (κ1) is 17.9. The zero-order chi connectivity index (χ0) is 15.2. The summed E-state index contributed by atoms with van der Waals surface area (Å²) in [6.07, 6.45) is 3.69. The summed E-state index contributed by atoms with van der Waals surface area (Å²) in [6.45, 7) is 17.1. The average molecular weight is 284 g/mol. The monoisotopic (exact) mass is 283 g/mol. The van der Waals surface area contributed by atoms with Crippen molar-refractivity contribution in [2.75, 3.05) is 32.7 Å². The molecule has 1 unspecified atom stereocenters. The number of nitrogens with one attached hydrogen (secondary N) is 1. The molecule has 3 heteroatoms. The highest BCUT2D eigenvalue weighted by atomic mass is 15.1. The van der Waals surface area contributed by atoms with Crippen LogP contribution in [0, 0.1) is 17.8 Å². The maximum absolute atomic E-state index is 6.15. The summed E-state index contributed by atoms with van der Waals surface area (Å²) in [6, 6.07) is 0. The van der Waals surface area contributed by atoms with E-state index in [4.69, 9.17) is 5.73 Å². The fourth-order valence-electron chi connectivity index (χ4n) is 3.59. The summed E-state index contributed by atoms with van der Waals surface area (Å²) in [5, 5.41) is 3.88. The van der Waals surface area contributed by atoms with Crippen LogP contribution in [0.4, 0.5) is 0 Å². The standard InChI is InChI=1S/C17H37N3/c1-6-20-10-7-8-17(13-18,9-11-20)19-12-16(14(2)3)15(4)5/h14-16,19H,6-13,18H2,1-5H3. The van der Waals surface area contributed by atoms with E-state index in [1.54, 1.807) is 0 Å². The van der Waals surface area contributed by atoms with Crippen LogP contribution in [0.25, 0.3) is 0 Å². The molecule has 1 saturated heterocycles. The number of likely N-dealkylation sites (tertiary alicyclic amines) is 1. The quantitative estimate of drug-likeness (QED) is 0.755. The van der Waals surface area contributed by atoms with Crippen molar-refractivity contribution in [3.63, 3.8) is 0 Å². The molecule has 1 rings (SSSR count). The Bertz CT molecular complexity index is 257. The lowest BCUT2D eigenvalue weighted by Gasteiger charge is -2.36. The summed E-state index contributed by atoms with van der Waals surface area (Å²) in [7, 11) is 0. The van der Waals surface area contributed by atoms with Crippen molar-refractivity contribution in [1.82, 2.24) is 10.2 Å². The lowest BCUT2D eigenvalue weighted by atomic mass is 9.83. The number of rotatable bonds is 7. The predicted octanol–water partition coefficient (Wildman–Crippen LogP) is 2.71. The molecule has 0 aromatic heterocycles. The second-order valence-electron chi connectivity index (χ2n) is 7.31. The Morgan fingerprint density at radius 2 is 1.75 bits per heavy atom. The first-order valence-corrected chi connectivity index (χ1v) is 8.61. The van der Waals surface area contributed by atoms with Gasteiger partial charge in [0.05, 0.1) is 0 Å². The van der Waals surface area contributed by atoms with E-state index in [0.29, 0.717) is 0 Å². The van der Waals surface area contributed by atoms with Crippen molar-refractivity contribution < 1.29 is 0 Å². The lowest BCUT2D eigenvalue weighted by molar-refractivity contribution is 0.213. The average Bonchev–Trinajstić information content (AvgIpc) is 2.61. The Labute approximate surface area is 126 Å². The smallest absolute Gasteiger partial charge is 0.0316 e. The van der Waals surface area contributed by atoms with Gasteiger partial charge in [-0.3, -0.25) is 0 Å². The van der Waals surface area contributed by atoms with Crippen LogP contribution >= 0.6 is 0 Å². The molecule has 20 heavy (non-hydrogen) atoms. The Kier molecular flexibility index (Phi) is 7.49. The van der Waals surface area contributed by atoms with Crippen LogP contribution in [-0.2, 0) is 0 Å². The summed E-state index contributed by atoms with van der Waals surface area (Å²) >= 11 is 0. The van der Waals surface area contributed by atoms with E-state index in [1.165, 1.54) is 38.9 Å². The third-order valence-electron chi connectivity index (χ3n) is 5.30. The minimum Gasteiger partial charge on any atom is -0.329 e. The van der Waals surface area contributed by atoms with Crippen LogP contribution in [0.3, 0.4) is 0 Å². The molecule has 0 spiro atoms. The van der Waals surface area contributed by atoms with Crippen molar-refractivity contribution in [2.45, 2.75) is 59.4 Å². The number of hydrogen-bond acceptors (Lipinski definition) is 3. The number of nitrogens with two attached hydrogens (primary N) is 1. The zero-order valence-corrected chi connectivity index (χ0v) is 14.4. The molecular formula is C17H37N3. The van der Waals surface area contributed by atoms with Gasteiger partial charge in [0.1, 0.15) is 0 Å². The van der Waals surface area contributed by atoms with E-state index in [-0.39, 0.29) is 5.54 Å². The van der Waals surface area contributed by atoms with Gasteiger partial charge in [-0.25, -0.2) is 0 Å². The van der Waals surface area contributed by atoms with Gasteiger partial charge < -0.3 is 16.0 Å². The molecule has 0 bridgehead atoms. The van der Waals surface area contributed by atoms with Gasteiger partial charge in [0.2, 0.25) is 0 Å².